The van der Waals surface area contributed by atoms with Crippen LogP contribution in [0.15, 0.2) is 0 Å². The summed E-state index contributed by atoms with van der Waals surface area (Å²) in [5, 5.41) is 8.48. The molecule has 0 aromatic rings. The fourth-order valence-electron chi connectivity index (χ4n) is 0.824. The second-order valence-electron chi connectivity index (χ2n) is 2.74. The van der Waals surface area contributed by atoms with Gasteiger partial charge in [-0.2, -0.15) is 0 Å². The van der Waals surface area contributed by atoms with Crippen LogP contribution in [0.5, 0.6) is 0 Å². The summed E-state index contributed by atoms with van der Waals surface area (Å²) in [4.78, 5) is 10.3. The van der Waals surface area contributed by atoms with Gasteiger partial charge < -0.3 is 5.11 Å². The van der Waals surface area contributed by atoms with Crippen LogP contribution in [0.3, 0.4) is 0 Å². The Morgan fingerprint density at radius 3 is 2.36 bits per heavy atom. The Kier molecular flexibility index (Phi) is 9.98. The zero-order valence-corrected chi connectivity index (χ0v) is 8.00. The Morgan fingerprint density at radius 1 is 1.45 bits per heavy atom. The van der Waals surface area contributed by atoms with Crippen LogP contribution in [0.4, 0.5) is 0 Å². The van der Waals surface area contributed by atoms with E-state index in [0.717, 1.165) is 25.7 Å². The third kappa shape index (κ3) is 7.89. The van der Waals surface area contributed by atoms with Gasteiger partial charge in [-0.1, -0.05) is 33.1 Å². The number of hydrogen-bond acceptors (Lipinski definition) is 1. The molecule has 0 aliphatic carbocycles. The molecule has 1 N–H and O–H groups in total. The molecule has 71 valence electrons. The van der Waals surface area contributed by atoms with Gasteiger partial charge in [0.2, 0.25) is 0 Å². The summed E-state index contributed by atoms with van der Waals surface area (Å²) in [7, 11) is 0. The number of aliphatic carboxylic acids is 1. The quantitative estimate of drug-likeness (QED) is 0.555. The topological polar surface area (TPSA) is 37.3 Å². The molecule has 0 spiro atoms. The zero-order valence-electron chi connectivity index (χ0n) is 7.06. The summed E-state index contributed by atoms with van der Waals surface area (Å²) < 4.78 is 0. The Hall–Kier alpha value is -0.0105. The smallest absolute Gasteiger partial charge is 0.306 e. The van der Waals surface area contributed by atoms with Crippen LogP contribution in [0, 0.1) is 5.92 Å². The van der Waals surface area contributed by atoms with Crippen molar-refractivity contribution in [1.82, 2.24) is 0 Å². The molecule has 1 unspecified atom stereocenters. The van der Waals surface area contributed by atoms with Crippen LogP contribution in [0.25, 0.3) is 0 Å². The largest absolute Gasteiger partial charge is 0.481 e. The van der Waals surface area contributed by atoms with Gasteiger partial charge in [-0.15, -0.1) is 0 Å². The van der Waals surface area contributed by atoms with E-state index in [1.165, 1.54) is 0 Å². The maximum Gasteiger partial charge on any atom is 0.306 e. The first-order valence-electron chi connectivity index (χ1n) is 3.91. The maximum absolute atomic E-state index is 10.3. The van der Waals surface area contributed by atoms with E-state index in [9.17, 15) is 4.79 Å². The normalized spacial score (nSPS) is 11.8. The van der Waals surface area contributed by atoms with Crippen LogP contribution < -0.4 is 0 Å². The number of hydrogen-bond donors (Lipinski definition) is 1. The van der Waals surface area contributed by atoms with E-state index in [1.54, 1.807) is 6.92 Å². The Labute approximate surface area is 78.8 Å². The number of carboxylic acids is 1. The van der Waals surface area contributed by atoms with E-state index in [4.69, 9.17) is 5.11 Å². The molecular weight excluding hydrogens is 192 g/mol. The predicted octanol–water partition coefficient (Wildman–Crippen LogP) is 2.28. The predicted molar refractivity (Wildman–Crippen MR) is 40.9 cm³/mol. The van der Waals surface area contributed by atoms with E-state index < -0.39 is 5.97 Å². The van der Waals surface area contributed by atoms with Crippen molar-refractivity contribution in [2.75, 3.05) is 0 Å². The number of carboxylic acid groups (broad SMARTS) is 1. The second kappa shape index (κ2) is 8.09. The average Bonchev–Trinajstić information content (AvgIpc) is 1.88. The molecule has 11 heavy (non-hydrogen) atoms. The van der Waals surface area contributed by atoms with E-state index >= 15 is 0 Å². The molecule has 3 heteroatoms. The molecule has 0 rings (SSSR count). The maximum atomic E-state index is 10.3. The molecule has 0 amide bonds. The minimum atomic E-state index is -0.670. The Bertz CT molecular complexity index is 104. The van der Waals surface area contributed by atoms with Crippen molar-refractivity contribution in [3.8, 4) is 0 Å². The molecule has 0 saturated heterocycles. The van der Waals surface area contributed by atoms with Crippen LogP contribution in [-0.4, -0.2) is 11.1 Å². The van der Waals surface area contributed by atoms with Crippen LogP contribution in [-0.2, 0) is 21.9 Å². The molecule has 0 aromatic heterocycles. The molecule has 0 heterocycles. The minimum absolute atomic E-state index is 0. The number of rotatable bonds is 5. The molecular formula is C8H16CuO2. The van der Waals surface area contributed by atoms with Gasteiger partial charge in [-0.3, -0.25) is 4.79 Å². The first-order valence-corrected chi connectivity index (χ1v) is 3.91. The van der Waals surface area contributed by atoms with Gasteiger partial charge in [0.1, 0.15) is 0 Å². The van der Waals surface area contributed by atoms with Crippen molar-refractivity contribution in [3.63, 3.8) is 0 Å². The fraction of sp³-hybridized carbons (Fsp3) is 0.875. The minimum Gasteiger partial charge on any atom is -0.481 e. The second-order valence-corrected chi connectivity index (χ2v) is 2.74. The Balaban J connectivity index is 0. The van der Waals surface area contributed by atoms with Gasteiger partial charge in [-0.25, -0.2) is 0 Å². The van der Waals surface area contributed by atoms with Gasteiger partial charge in [0.25, 0.3) is 0 Å². The van der Waals surface area contributed by atoms with E-state index in [-0.39, 0.29) is 23.0 Å². The van der Waals surface area contributed by atoms with Crippen molar-refractivity contribution < 1.29 is 27.0 Å². The third-order valence-electron chi connectivity index (χ3n) is 1.66. The van der Waals surface area contributed by atoms with E-state index in [2.05, 4.69) is 6.92 Å². The number of carbonyl (C=O) groups is 1. The molecule has 0 aromatic carbocycles. The first kappa shape index (κ1) is 13.6. The third-order valence-corrected chi connectivity index (χ3v) is 1.66. The van der Waals surface area contributed by atoms with Crippen LogP contribution in [0.1, 0.15) is 39.5 Å². The SMILES string of the molecule is CCCCCC(C)C(=O)O.[Cu]. The first-order chi connectivity index (χ1) is 4.68. The van der Waals surface area contributed by atoms with Crippen molar-refractivity contribution >= 4 is 5.97 Å². The Morgan fingerprint density at radius 2 is 2.00 bits per heavy atom. The summed E-state index contributed by atoms with van der Waals surface area (Å²) >= 11 is 0. The van der Waals surface area contributed by atoms with Crippen LogP contribution in [0.2, 0.25) is 0 Å². The van der Waals surface area contributed by atoms with E-state index in [0.29, 0.717) is 0 Å². The molecule has 1 radical (unpaired) electrons. The van der Waals surface area contributed by atoms with Crippen molar-refractivity contribution in [1.29, 1.82) is 0 Å². The van der Waals surface area contributed by atoms with Gasteiger partial charge in [-0.05, 0) is 6.42 Å². The average molecular weight is 208 g/mol. The molecule has 0 saturated carbocycles. The number of unbranched alkanes of at least 4 members (excludes halogenated alkanes) is 2. The zero-order chi connectivity index (χ0) is 7.98. The molecule has 0 aliphatic rings. The summed E-state index contributed by atoms with van der Waals surface area (Å²) in [6, 6.07) is 0. The van der Waals surface area contributed by atoms with Gasteiger partial charge in [0, 0.05) is 17.1 Å². The monoisotopic (exact) mass is 207 g/mol. The molecule has 0 bridgehead atoms. The summed E-state index contributed by atoms with van der Waals surface area (Å²) in [6.45, 7) is 3.88. The van der Waals surface area contributed by atoms with Crippen molar-refractivity contribution in [2.24, 2.45) is 5.92 Å². The van der Waals surface area contributed by atoms with Crippen molar-refractivity contribution in [2.45, 2.75) is 39.5 Å². The molecule has 0 aliphatic heterocycles. The molecule has 0 fully saturated rings. The summed E-state index contributed by atoms with van der Waals surface area (Å²) in [5.41, 5.74) is 0. The van der Waals surface area contributed by atoms with Crippen molar-refractivity contribution in [3.05, 3.63) is 0 Å². The van der Waals surface area contributed by atoms with Gasteiger partial charge in [0.05, 0.1) is 5.92 Å². The summed E-state index contributed by atoms with van der Waals surface area (Å²) in [6.07, 6.45) is 4.18. The summed E-state index contributed by atoms with van der Waals surface area (Å²) in [5.74, 6) is -0.831. The molecule has 2 nitrogen and oxygen atoms in total. The van der Waals surface area contributed by atoms with E-state index in [1.807, 2.05) is 0 Å². The molecule has 1 atom stereocenters. The standard InChI is InChI=1S/C8H16O2.Cu/c1-3-4-5-6-7(2)8(9)10;/h7H,3-6H2,1-2H3,(H,9,10);. The fourth-order valence-corrected chi connectivity index (χ4v) is 0.824. The van der Waals surface area contributed by atoms with Crippen LogP contribution >= 0.6 is 0 Å². The van der Waals surface area contributed by atoms with Gasteiger partial charge >= 0.3 is 5.97 Å². The van der Waals surface area contributed by atoms with Gasteiger partial charge in [0.15, 0.2) is 0 Å².